The van der Waals surface area contributed by atoms with Crippen molar-refractivity contribution in [1.82, 2.24) is 14.9 Å². The molecule has 8 nitrogen and oxygen atoms in total. The molecule has 1 aliphatic heterocycles. The first-order valence-corrected chi connectivity index (χ1v) is 6.55. The molecule has 0 bridgehead atoms. The maximum atomic E-state index is 12.5. The van der Waals surface area contributed by atoms with E-state index >= 15 is 0 Å². The maximum Gasteiger partial charge on any atom is 0.288 e. The molecule has 3 rings (SSSR count). The Morgan fingerprint density at radius 1 is 1.27 bits per heavy atom. The Balaban J connectivity index is 2.11. The van der Waals surface area contributed by atoms with E-state index in [-0.39, 0.29) is 23.3 Å². The molecular weight excluding hydrogens is 286 g/mol. The van der Waals surface area contributed by atoms with Gasteiger partial charge in [0.2, 0.25) is 0 Å². The SMILES string of the molecule is CN1C(=O)c2cc([N+](=O)[O-])cnc2N(C)C1c1cccnc1. The van der Waals surface area contributed by atoms with Crippen molar-refractivity contribution in [3.63, 3.8) is 0 Å². The molecule has 1 unspecified atom stereocenters. The van der Waals surface area contributed by atoms with Crippen LogP contribution in [0.3, 0.4) is 0 Å². The zero-order valence-electron chi connectivity index (χ0n) is 12.0. The van der Waals surface area contributed by atoms with Crippen LogP contribution in [-0.2, 0) is 0 Å². The molecule has 0 spiro atoms. The smallest absolute Gasteiger partial charge is 0.288 e. The molecule has 0 radical (unpaired) electrons. The molecule has 0 aliphatic carbocycles. The van der Waals surface area contributed by atoms with Gasteiger partial charge in [-0.15, -0.1) is 0 Å². The first-order chi connectivity index (χ1) is 10.5. The Morgan fingerprint density at radius 2 is 2.05 bits per heavy atom. The number of hydrogen-bond donors (Lipinski definition) is 0. The van der Waals surface area contributed by atoms with Gasteiger partial charge in [-0.3, -0.25) is 19.9 Å². The topological polar surface area (TPSA) is 92.5 Å². The predicted molar refractivity (Wildman–Crippen MR) is 78.4 cm³/mol. The summed E-state index contributed by atoms with van der Waals surface area (Å²) in [4.78, 5) is 34.3. The highest BCUT2D eigenvalue weighted by Crippen LogP contribution is 2.36. The van der Waals surface area contributed by atoms with Crippen LogP contribution in [-0.4, -0.2) is 39.8 Å². The van der Waals surface area contributed by atoms with Crippen molar-refractivity contribution < 1.29 is 9.72 Å². The van der Waals surface area contributed by atoms with Crippen LogP contribution in [0.1, 0.15) is 22.1 Å². The molecule has 22 heavy (non-hydrogen) atoms. The lowest BCUT2D eigenvalue weighted by Crippen LogP contribution is -2.46. The molecule has 1 amide bonds. The van der Waals surface area contributed by atoms with Crippen LogP contribution in [0.4, 0.5) is 11.5 Å². The van der Waals surface area contributed by atoms with Gasteiger partial charge >= 0.3 is 0 Å². The van der Waals surface area contributed by atoms with E-state index < -0.39 is 4.92 Å². The molecule has 1 aliphatic rings. The summed E-state index contributed by atoms with van der Waals surface area (Å²) in [5.74, 6) is 0.112. The molecule has 0 aromatic carbocycles. The number of anilines is 1. The van der Waals surface area contributed by atoms with Crippen molar-refractivity contribution in [2.45, 2.75) is 6.17 Å². The Hall–Kier alpha value is -3.03. The fourth-order valence-corrected chi connectivity index (χ4v) is 2.64. The van der Waals surface area contributed by atoms with Gasteiger partial charge in [0.25, 0.3) is 11.6 Å². The summed E-state index contributed by atoms with van der Waals surface area (Å²) in [7, 11) is 3.44. The fourth-order valence-electron chi connectivity index (χ4n) is 2.64. The quantitative estimate of drug-likeness (QED) is 0.618. The lowest BCUT2D eigenvalue weighted by Gasteiger charge is -2.41. The molecule has 1 atom stereocenters. The van der Waals surface area contributed by atoms with Crippen LogP contribution in [0.25, 0.3) is 0 Å². The normalized spacial score (nSPS) is 17.4. The number of rotatable bonds is 2. The highest BCUT2D eigenvalue weighted by Gasteiger charge is 2.36. The van der Waals surface area contributed by atoms with Crippen molar-refractivity contribution in [3.8, 4) is 0 Å². The van der Waals surface area contributed by atoms with Crippen LogP contribution < -0.4 is 4.90 Å². The summed E-state index contributed by atoms with van der Waals surface area (Å²) in [6, 6.07) is 4.92. The largest absolute Gasteiger partial charge is 0.334 e. The predicted octanol–water partition coefficient (Wildman–Crippen LogP) is 1.61. The third-order valence-electron chi connectivity index (χ3n) is 3.66. The summed E-state index contributed by atoms with van der Waals surface area (Å²) >= 11 is 0. The number of aromatic nitrogens is 2. The van der Waals surface area contributed by atoms with Gasteiger partial charge in [0, 0.05) is 38.1 Å². The molecule has 0 saturated heterocycles. The van der Waals surface area contributed by atoms with Gasteiger partial charge < -0.3 is 9.80 Å². The number of pyridine rings is 2. The summed E-state index contributed by atoms with van der Waals surface area (Å²) in [5, 5.41) is 10.9. The number of nitrogens with zero attached hydrogens (tertiary/aromatic N) is 5. The van der Waals surface area contributed by atoms with Gasteiger partial charge in [0.1, 0.15) is 18.2 Å². The van der Waals surface area contributed by atoms with Crippen LogP contribution in [0.2, 0.25) is 0 Å². The second kappa shape index (κ2) is 5.06. The van der Waals surface area contributed by atoms with Gasteiger partial charge in [0.05, 0.1) is 10.5 Å². The average molecular weight is 299 g/mol. The van der Waals surface area contributed by atoms with Crippen LogP contribution in [0.5, 0.6) is 0 Å². The Morgan fingerprint density at radius 3 is 2.68 bits per heavy atom. The Kier molecular flexibility index (Phi) is 3.21. The number of nitro groups is 1. The van der Waals surface area contributed by atoms with Gasteiger partial charge in [0.15, 0.2) is 0 Å². The molecule has 0 N–H and O–H groups in total. The molecule has 2 aromatic rings. The molecule has 3 heterocycles. The molecule has 112 valence electrons. The number of hydrogen-bond acceptors (Lipinski definition) is 6. The van der Waals surface area contributed by atoms with E-state index in [1.54, 1.807) is 37.5 Å². The summed E-state index contributed by atoms with van der Waals surface area (Å²) in [6.07, 6.45) is 4.14. The van der Waals surface area contributed by atoms with Crippen molar-refractivity contribution in [2.75, 3.05) is 19.0 Å². The molecule has 2 aromatic heterocycles. The third kappa shape index (κ3) is 2.05. The summed E-state index contributed by atoms with van der Waals surface area (Å²) in [6.45, 7) is 0. The van der Waals surface area contributed by atoms with E-state index in [9.17, 15) is 14.9 Å². The zero-order chi connectivity index (χ0) is 15.9. The van der Waals surface area contributed by atoms with E-state index in [1.807, 2.05) is 6.07 Å². The van der Waals surface area contributed by atoms with E-state index in [0.29, 0.717) is 5.82 Å². The van der Waals surface area contributed by atoms with E-state index in [0.717, 1.165) is 11.8 Å². The average Bonchev–Trinajstić information content (AvgIpc) is 2.53. The lowest BCUT2D eigenvalue weighted by atomic mass is 10.1. The van der Waals surface area contributed by atoms with Gasteiger partial charge in [-0.25, -0.2) is 4.98 Å². The van der Waals surface area contributed by atoms with Gasteiger partial charge in [-0.1, -0.05) is 6.07 Å². The van der Waals surface area contributed by atoms with Crippen molar-refractivity contribution >= 4 is 17.4 Å². The van der Waals surface area contributed by atoms with Crippen molar-refractivity contribution in [1.29, 1.82) is 0 Å². The van der Waals surface area contributed by atoms with E-state index in [1.165, 1.54) is 11.0 Å². The van der Waals surface area contributed by atoms with Gasteiger partial charge in [-0.05, 0) is 6.07 Å². The minimum Gasteiger partial charge on any atom is -0.334 e. The monoisotopic (exact) mass is 299 g/mol. The highest BCUT2D eigenvalue weighted by molar-refractivity contribution is 6.01. The van der Waals surface area contributed by atoms with Gasteiger partial charge in [-0.2, -0.15) is 0 Å². The highest BCUT2D eigenvalue weighted by atomic mass is 16.6. The zero-order valence-corrected chi connectivity index (χ0v) is 12.0. The minimum absolute atomic E-state index is 0.200. The number of amides is 1. The Bertz CT molecular complexity index is 749. The number of carbonyl (C=O) groups excluding carboxylic acids is 1. The van der Waals surface area contributed by atoms with Crippen molar-refractivity contribution in [3.05, 3.63) is 58.0 Å². The van der Waals surface area contributed by atoms with Crippen LogP contribution >= 0.6 is 0 Å². The molecule has 0 fully saturated rings. The number of carbonyl (C=O) groups is 1. The van der Waals surface area contributed by atoms with Crippen LogP contribution in [0, 0.1) is 10.1 Å². The molecule has 0 saturated carbocycles. The fraction of sp³-hybridized carbons (Fsp3) is 0.214. The van der Waals surface area contributed by atoms with Crippen molar-refractivity contribution in [2.24, 2.45) is 0 Å². The number of fused-ring (bicyclic) bond motifs is 1. The summed E-state index contributed by atoms with van der Waals surface area (Å²) in [5.41, 5.74) is 0.861. The molecule has 8 heteroatoms. The second-order valence-electron chi connectivity index (χ2n) is 5.01. The maximum absolute atomic E-state index is 12.5. The molecular formula is C14H13N5O3. The van der Waals surface area contributed by atoms with E-state index in [2.05, 4.69) is 9.97 Å². The first-order valence-electron chi connectivity index (χ1n) is 6.55. The summed E-state index contributed by atoms with van der Waals surface area (Å²) < 4.78 is 0. The standard InChI is InChI=1S/C14H13N5O3/c1-17-12-11(6-10(8-16-12)19(21)22)14(20)18(2)13(17)9-4-3-5-15-7-9/h3-8,13H,1-2H3. The minimum atomic E-state index is -0.562. The third-order valence-corrected chi connectivity index (χ3v) is 3.66. The van der Waals surface area contributed by atoms with Crippen LogP contribution in [0.15, 0.2) is 36.8 Å². The second-order valence-corrected chi connectivity index (χ2v) is 5.01. The lowest BCUT2D eigenvalue weighted by molar-refractivity contribution is -0.385. The Labute approximate surface area is 126 Å². The van der Waals surface area contributed by atoms with E-state index in [4.69, 9.17) is 0 Å². The first kappa shape index (κ1) is 13.9.